The molecule has 0 radical (unpaired) electrons. The van der Waals surface area contributed by atoms with E-state index in [4.69, 9.17) is 4.74 Å². The molecule has 1 amide bonds. The number of aryl methyl sites for hydroxylation is 2. The molecule has 5 rings (SSSR count). The standard InChI is InChI=1S/C33H39N3O5S/c1-22-11-10-13-26(17-22)42(39,40)34(4)19-30-23(2)18-36(24(3)20-37)33(38)32-31(27-14-7-6-12-25(27)21-41-30)28-15-8-9-16-29(28)35(32)5/h6-17,23-24,30,37H,18-21H2,1-5H3/t23-,24-,30-/m1/s1. The van der Waals surface area contributed by atoms with E-state index in [1.54, 1.807) is 30.1 Å². The lowest BCUT2D eigenvalue weighted by Crippen LogP contribution is -2.48. The molecule has 42 heavy (non-hydrogen) atoms. The van der Waals surface area contributed by atoms with Crippen LogP contribution in [0.15, 0.2) is 77.7 Å². The molecule has 0 fully saturated rings. The lowest BCUT2D eigenvalue weighted by Gasteiger charge is -2.35. The van der Waals surface area contributed by atoms with E-state index in [9.17, 15) is 18.3 Å². The van der Waals surface area contributed by atoms with E-state index in [2.05, 4.69) is 0 Å². The Bertz CT molecular complexity index is 1710. The number of aliphatic hydroxyl groups is 1. The van der Waals surface area contributed by atoms with Crippen LogP contribution in [0.5, 0.6) is 0 Å². The highest BCUT2D eigenvalue weighted by Crippen LogP contribution is 2.38. The van der Waals surface area contributed by atoms with Gasteiger partial charge < -0.3 is 19.3 Å². The van der Waals surface area contributed by atoms with E-state index in [1.165, 1.54) is 4.31 Å². The maximum Gasteiger partial charge on any atom is 0.271 e. The van der Waals surface area contributed by atoms with Crippen LogP contribution >= 0.6 is 0 Å². The van der Waals surface area contributed by atoms with Crippen molar-refractivity contribution < 1.29 is 23.1 Å². The summed E-state index contributed by atoms with van der Waals surface area (Å²) in [5.41, 5.74) is 4.98. The molecule has 1 aliphatic heterocycles. The number of likely N-dealkylation sites (N-methyl/N-ethyl adjacent to an activating group) is 1. The monoisotopic (exact) mass is 589 g/mol. The second kappa shape index (κ2) is 12.0. The fourth-order valence-corrected chi connectivity index (χ4v) is 7.12. The summed E-state index contributed by atoms with van der Waals surface area (Å²) in [5, 5.41) is 11.2. The zero-order chi connectivity index (χ0) is 30.2. The molecule has 4 aromatic rings. The Morgan fingerprint density at radius 3 is 2.52 bits per heavy atom. The number of aromatic nitrogens is 1. The van der Waals surface area contributed by atoms with Gasteiger partial charge in [0.25, 0.3) is 5.91 Å². The Hall–Kier alpha value is -3.50. The summed E-state index contributed by atoms with van der Waals surface area (Å²) in [5.74, 6) is -0.435. The predicted octanol–water partition coefficient (Wildman–Crippen LogP) is 4.83. The molecule has 1 aliphatic rings. The van der Waals surface area contributed by atoms with Crippen molar-refractivity contribution in [1.82, 2.24) is 13.8 Å². The van der Waals surface area contributed by atoms with Gasteiger partial charge in [-0.05, 0) is 48.7 Å². The third-order valence-corrected chi connectivity index (χ3v) is 10.2. The van der Waals surface area contributed by atoms with Gasteiger partial charge in [-0.25, -0.2) is 8.42 Å². The van der Waals surface area contributed by atoms with Gasteiger partial charge in [0.05, 0.1) is 30.3 Å². The first-order valence-electron chi connectivity index (χ1n) is 14.3. The number of carbonyl (C=O) groups is 1. The molecule has 0 unspecified atom stereocenters. The number of carbonyl (C=O) groups excluding carboxylic acids is 1. The lowest BCUT2D eigenvalue weighted by atomic mass is 9.96. The summed E-state index contributed by atoms with van der Waals surface area (Å²) in [4.78, 5) is 16.4. The van der Waals surface area contributed by atoms with Crippen molar-refractivity contribution >= 4 is 26.8 Å². The van der Waals surface area contributed by atoms with E-state index >= 15 is 0 Å². The second-order valence-corrected chi connectivity index (χ2v) is 13.4. The number of aliphatic hydroxyl groups excluding tert-OH is 1. The van der Waals surface area contributed by atoms with Gasteiger partial charge in [-0.3, -0.25) is 4.79 Å². The Kier molecular flexibility index (Phi) is 8.57. The molecule has 0 saturated carbocycles. The predicted molar refractivity (Wildman–Crippen MR) is 165 cm³/mol. The van der Waals surface area contributed by atoms with Crippen LogP contribution in [0.3, 0.4) is 0 Å². The number of benzene rings is 3. The number of sulfonamides is 1. The van der Waals surface area contributed by atoms with Gasteiger partial charge in [0.1, 0.15) is 5.69 Å². The van der Waals surface area contributed by atoms with Crippen LogP contribution in [0.2, 0.25) is 0 Å². The van der Waals surface area contributed by atoms with Gasteiger partial charge in [-0.1, -0.05) is 61.5 Å². The Balaban J connectivity index is 1.61. The number of ether oxygens (including phenoxy) is 1. The van der Waals surface area contributed by atoms with Crippen molar-refractivity contribution in [2.75, 3.05) is 26.7 Å². The molecule has 8 nitrogen and oxygen atoms in total. The number of hydrogen-bond acceptors (Lipinski definition) is 5. The zero-order valence-electron chi connectivity index (χ0n) is 24.8. The van der Waals surface area contributed by atoms with Gasteiger partial charge in [-0.2, -0.15) is 4.31 Å². The van der Waals surface area contributed by atoms with Gasteiger partial charge in [0, 0.05) is 49.6 Å². The quantitative estimate of drug-likeness (QED) is 0.348. The van der Waals surface area contributed by atoms with E-state index in [0.29, 0.717) is 5.69 Å². The maximum atomic E-state index is 14.5. The molecular formula is C33H39N3O5S. The number of para-hydroxylation sites is 1. The molecule has 0 saturated heterocycles. The summed E-state index contributed by atoms with van der Waals surface area (Å²) in [6, 6.07) is 22.2. The smallest absolute Gasteiger partial charge is 0.271 e. The van der Waals surface area contributed by atoms with Crippen LogP contribution in [0.4, 0.5) is 0 Å². The molecule has 1 N–H and O–H groups in total. The molecule has 9 heteroatoms. The number of nitrogens with zero attached hydrogens (tertiary/aromatic N) is 3. The van der Waals surface area contributed by atoms with E-state index in [0.717, 1.165) is 33.2 Å². The van der Waals surface area contributed by atoms with Crippen LogP contribution in [0.25, 0.3) is 22.0 Å². The van der Waals surface area contributed by atoms with Crippen LogP contribution in [-0.2, 0) is 28.4 Å². The number of hydrogen-bond donors (Lipinski definition) is 1. The van der Waals surface area contributed by atoms with Crippen LogP contribution < -0.4 is 0 Å². The van der Waals surface area contributed by atoms with Crippen molar-refractivity contribution in [3.63, 3.8) is 0 Å². The average molecular weight is 590 g/mol. The maximum absolute atomic E-state index is 14.5. The second-order valence-electron chi connectivity index (χ2n) is 11.4. The van der Waals surface area contributed by atoms with Gasteiger partial charge >= 0.3 is 0 Å². The fraction of sp³-hybridized carbons (Fsp3) is 0.364. The highest BCUT2D eigenvalue weighted by atomic mass is 32.2. The number of amides is 1. The summed E-state index contributed by atoms with van der Waals surface area (Å²) in [6.45, 7) is 6.07. The average Bonchev–Trinajstić information content (AvgIpc) is 3.28. The molecule has 222 valence electrons. The highest BCUT2D eigenvalue weighted by Gasteiger charge is 2.34. The topological polar surface area (TPSA) is 92.1 Å². The first kappa shape index (κ1) is 30.0. The Labute approximate surface area is 248 Å². The summed E-state index contributed by atoms with van der Waals surface area (Å²) in [6.07, 6.45) is -0.526. The summed E-state index contributed by atoms with van der Waals surface area (Å²) < 4.78 is 36.8. The third-order valence-electron chi connectivity index (χ3n) is 8.36. The summed E-state index contributed by atoms with van der Waals surface area (Å²) >= 11 is 0. The normalized spacial score (nSPS) is 18.9. The van der Waals surface area contributed by atoms with Crippen LogP contribution in [0.1, 0.15) is 35.5 Å². The van der Waals surface area contributed by atoms with Crippen LogP contribution in [-0.4, -0.2) is 72.1 Å². The largest absolute Gasteiger partial charge is 0.394 e. The van der Waals surface area contributed by atoms with E-state index < -0.39 is 22.2 Å². The van der Waals surface area contributed by atoms with Crippen molar-refractivity contribution in [3.05, 3.63) is 89.6 Å². The van der Waals surface area contributed by atoms with Crippen molar-refractivity contribution in [1.29, 1.82) is 0 Å². The molecule has 1 aromatic heterocycles. The molecular weight excluding hydrogens is 550 g/mol. The van der Waals surface area contributed by atoms with Crippen molar-refractivity contribution in [3.8, 4) is 11.1 Å². The van der Waals surface area contributed by atoms with Gasteiger partial charge in [-0.15, -0.1) is 0 Å². The third kappa shape index (κ3) is 5.49. The number of rotatable bonds is 6. The molecule has 0 aliphatic carbocycles. The summed E-state index contributed by atoms with van der Waals surface area (Å²) in [7, 11) is -0.307. The molecule has 2 heterocycles. The lowest BCUT2D eigenvalue weighted by molar-refractivity contribution is -0.0147. The minimum absolute atomic E-state index is 0.102. The molecule has 0 spiro atoms. The number of fused-ring (bicyclic) bond motifs is 5. The Morgan fingerprint density at radius 1 is 1.07 bits per heavy atom. The SMILES string of the molecule is Cc1cccc(S(=O)(=O)N(C)C[C@H]2OCc3ccccc3-c3c(n(C)c4ccccc34)C(=O)N([C@H](C)CO)C[C@H]2C)c1. The van der Waals surface area contributed by atoms with Crippen LogP contribution in [0, 0.1) is 12.8 Å². The fourth-order valence-electron chi connectivity index (χ4n) is 5.83. The van der Waals surface area contributed by atoms with Gasteiger partial charge in [0.15, 0.2) is 0 Å². The minimum atomic E-state index is -3.77. The van der Waals surface area contributed by atoms with E-state index in [-0.39, 0.29) is 43.0 Å². The zero-order valence-corrected chi connectivity index (χ0v) is 25.6. The first-order valence-corrected chi connectivity index (χ1v) is 15.7. The first-order chi connectivity index (χ1) is 20.0. The Morgan fingerprint density at radius 2 is 1.79 bits per heavy atom. The highest BCUT2D eigenvalue weighted by molar-refractivity contribution is 7.89. The van der Waals surface area contributed by atoms with Crippen molar-refractivity contribution in [2.24, 2.45) is 13.0 Å². The molecule has 3 atom stereocenters. The minimum Gasteiger partial charge on any atom is -0.394 e. The molecule has 0 bridgehead atoms. The van der Waals surface area contributed by atoms with E-state index in [1.807, 2.05) is 87.0 Å². The van der Waals surface area contributed by atoms with Crippen molar-refractivity contribution in [2.45, 2.75) is 44.4 Å². The molecule has 3 aromatic carbocycles. The van der Waals surface area contributed by atoms with Gasteiger partial charge in [0.2, 0.25) is 10.0 Å².